The van der Waals surface area contributed by atoms with Gasteiger partial charge in [0.15, 0.2) is 0 Å². The predicted molar refractivity (Wildman–Crippen MR) is 59.9 cm³/mol. The van der Waals surface area contributed by atoms with E-state index in [4.69, 9.17) is 4.74 Å². The molecule has 0 N–H and O–H groups in total. The Labute approximate surface area is 89.3 Å². The molecule has 0 aliphatic heterocycles. The van der Waals surface area contributed by atoms with Crippen molar-refractivity contribution in [1.29, 1.82) is 0 Å². The van der Waals surface area contributed by atoms with Crippen LogP contribution in [0.2, 0.25) is 0 Å². The number of methoxy groups -OCH3 is 1. The maximum absolute atomic E-state index is 5.11. The zero-order valence-corrected chi connectivity index (χ0v) is 9.19. The number of ether oxygens (including phenoxy) is 1. The Kier molecular flexibility index (Phi) is 2.46. The minimum Gasteiger partial charge on any atom is -0.497 e. The maximum atomic E-state index is 5.11. The van der Waals surface area contributed by atoms with Gasteiger partial charge in [0.1, 0.15) is 5.75 Å². The lowest BCUT2D eigenvalue weighted by molar-refractivity contribution is 0.415. The molecule has 15 heavy (non-hydrogen) atoms. The van der Waals surface area contributed by atoms with E-state index in [1.54, 1.807) is 7.11 Å². The van der Waals surface area contributed by atoms with Gasteiger partial charge in [-0.2, -0.15) is 5.10 Å². The first-order chi connectivity index (χ1) is 7.20. The van der Waals surface area contributed by atoms with Crippen LogP contribution in [0.4, 0.5) is 0 Å². The summed E-state index contributed by atoms with van der Waals surface area (Å²) < 4.78 is 6.98. The molecule has 0 aliphatic carbocycles. The molecule has 1 heterocycles. The molecule has 0 amide bonds. The number of hydrogen-bond donors (Lipinski definition) is 0. The van der Waals surface area contributed by atoms with Gasteiger partial charge in [0.25, 0.3) is 0 Å². The van der Waals surface area contributed by atoms with E-state index in [0.717, 1.165) is 22.7 Å². The minimum absolute atomic E-state index is 0.867. The Balaban J connectivity index is 2.37. The van der Waals surface area contributed by atoms with Gasteiger partial charge in [0.2, 0.25) is 0 Å². The second kappa shape index (κ2) is 3.77. The number of aryl methyl sites for hydroxylation is 2. The Morgan fingerprint density at radius 3 is 2.33 bits per heavy atom. The molecular weight excluding hydrogens is 188 g/mol. The van der Waals surface area contributed by atoms with Crippen molar-refractivity contribution in [1.82, 2.24) is 9.78 Å². The summed E-state index contributed by atoms with van der Waals surface area (Å²) in [5.41, 5.74) is 3.26. The molecule has 2 aromatic rings. The lowest BCUT2D eigenvalue weighted by Gasteiger charge is -2.00. The third-order valence-electron chi connectivity index (χ3n) is 2.50. The van der Waals surface area contributed by atoms with Crippen LogP contribution in [0.5, 0.6) is 5.75 Å². The highest BCUT2D eigenvalue weighted by atomic mass is 16.5. The smallest absolute Gasteiger partial charge is 0.118 e. The summed E-state index contributed by atoms with van der Waals surface area (Å²) in [6.45, 7) is 2.04. The second-order valence-corrected chi connectivity index (χ2v) is 3.52. The van der Waals surface area contributed by atoms with Gasteiger partial charge < -0.3 is 4.74 Å². The fourth-order valence-corrected chi connectivity index (χ4v) is 1.46. The molecule has 3 heteroatoms. The molecule has 0 fully saturated rings. The normalized spacial score (nSPS) is 10.3. The predicted octanol–water partition coefficient (Wildman–Crippen LogP) is 2.40. The molecule has 2 rings (SSSR count). The maximum Gasteiger partial charge on any atom is 0.118 e. The van der Waals surface area contributed by atoms with E-state index < -0.39 is 0 Å². The van der Waals surface area contributed by atoms with Gasteiger partial charge in [-0.05, 0) is 37.3 Å². The molecule has 0 radical (unpaired) electrons. The SMILES string of the molecule is COc1ccc(-c2cc(C)n(C)n2)cc1. The van der Waals surface area contributed by atoms with Crippen molar-refractivity contribution in [3.8, 4) is 17.0 Å². The standard InChI is InChI=1S/C12H14N2O/c1-9-8-12(13-14(9)2)10-4-6-11(15-3)7-5-10/h4-8H,1-3H3. The molecule has 1 aromatic heterocycles. The molecule has 1 aromatic carbocycles. The van der Waals surface area contributed by atoms with E-state index in [1.807, 2.05) is 42.9 Å². The van der Waals surface area contributed by atoms with Gasteiger partial charge in [-0.1, -0.05) is 0 Å². The summed E-state index contributed by atoms with van der Waals surface area (Å²) in [5, 5.41) is 4.41. The topological polar surface area (TPSA) is 27.1 Å². The molecule has 0 aliphatic rings. The average molecular weight is 202 g/mol. The number of rotatable bonds is 2. The van der Waals surface area contributed by atoms with Crippen molar-refractivity contribution < 1.29 is 4.74 Å². The van der Waals surface area contributed by atoms with Gasteiger partial charge >= 0.3 is 0 Å². The molecular formula is C12H14N2O. The van der Waals surface area contributed by atoms with Crippen LogP contribution >= 0.6 is 0 Å². The number of benzene rings is 1. The van der Waals surface area contributed by atoms with Crippen molar-refractivity contribution >= 4 is 0 Å². The van der Waals surface area contributed by atoms with Crippen LogP contribution in [0, 0.1) is 6.92 Å². The van der Waals surface area contributed by atoms with E-state index in [0.29, 0.717) is 0 Å². The van der Waals surface area contributed by atoms with E-state index in [-0.39, 0.29) is 0 Å². The second-order valence-electron chi connectivity index (χ2n) is 3.52. The highest BCUT2D eigenvalue weighted by molar-refractivity contribution is 5.60. The molecule has 0 saturated carbocycles. The molecule has 0 bridgehead atoms. The first kappa shape index (κ1) is 9.77. The number of hydrogen-bond acceptors (Lipinski definition) is 2. The fraction of sp³-hybridized carbons (Fsp3) is 0.250. The summed E-state index contributed by atoms with van der Waals surface area (Å²) in [5.74, 6) is 0.867. The van der Waals surface area contributed by atoms with E-state index in [1.165, 1.54) is 0 Å². The van der Waals surface area contributed by atoms with Gasteiger partial charge in [-0.25, -0.2) is 0 Å². The zero-order chi connectivity index (χ0) is 10.8. The van der Waals surface area contributed by atoms with E-state index in [2.05, 4.69) is 11.2 Å². The van der Waals surface area contributed by atoms with E-state index in [9.17, 15) is 0 Å². The highest BCUT2D eigenvalue weighted by Crippen LogP contribution is 2.21. The van der Waals surface area contributed by atoms with Crippen molar-refractivity contribution in [3.63, 3.8) is 0 Å². The van der Waals surface area contributed by atoms with Gasteiger partial charge in [0.05, 0.1) is 12.8 Å². The van der Waals surface area contributed by atoms with Crippen molar-refractivity contribution in [2.24, 2.45) is 7.05 Å². The molecule has 0 spiro atoms. The number of aromatic nitrogens is 2. The summed E-state index contributed by atoms with van der Waals surface area (Å²) in [6.07, 6.45) is 0. The van der Waals surface area contributed by atoms with Crippen molar-refractivity contribution in [2.45, 2.75) is 6.92 Å². The first-order valence-corrected chi connectivity index (χ1v) is 4.86. The van der Waals surface area contributed by atoms with Gasteiger partial charge in [-0.3, -0.25) is 4.68 Å². The zero-order valence-electron chi connectivity index (χ0n) is 9.19. The van der Waals surface area contributed by atoms with Crippen LogP contribution in [-0.4, -0.2) is 16.9 Å². The largest absolute Gasteiger partial charge is 0.497 e. The van der Waals surface area contributed by atoms with Gasteiger partial charge in [0, 0.05) is 18.3 Å². The quantitative estimate of drug-likeness (QED) is 0.747. The fourth-order valence-electron chi connectivity index (χ4n) is 1.46. The van der Waals surface area contributed by atoms with Crippen LogP contribution in [0.1, 0.15) is 5.69 Å². The summed E-state index contributed by atoms with van der Waals surface area (Å²) in [4.78, 5) is 0. The van der Waals surface area contributed by atoms with E-state index >= 15 is 0 Å². The van der Waals surface area contributed by atoms with Crippen LogP contribution in [0.15, 0.2) is 30.3 Å². The average Bonchev–Trinajstić information content (AvgIpc) is 2.59. The number of nitrogens with zero attached hydrogens (tertiary/aromatic N) is 2. The summed E-state index contributed by atoms with van der Waals surface area (Å²) >= 11 is 0. The molecule has 78 valence electrons. The molecule has 0 atom stereocenters. The van der Waals surface area contributed by atoms with Crippen molar-refractivity contribution in [2.75, 3.05) is 7.11 Å². The first-order valence-electron chi connectivity index (χ1n) is 4.86. The lowest BCUT2D eigenvalue weighted by atomic mass is 10.1. The summed E-state index contributed by atoms with van der Waals surface area (Å²) in [7, 11) is 3.61. The lowest BCUT2D eigenvalue weighted by Crippen LogP contribution is -1.92. The Hall–Kier alpha value is -1.77. The Morgan fingerprint density at radius 2 is 1.87 bits per heavy atom. The molecule has 0 unspecified atom stereocenters. The monoisotopic (exact) mass is 202 g/mol. The summed E-state index contributed by atoms with van der Waals surface area (Å²) in [6, 6.07) is 9.99. The molecule has 0 saturated heterocycles. The highest BCUT2D eigenvalue weighted by Gasteiger charge is 2.03. The minimum atomic E-state index is 0.867. The van der Waals surface area contributed by atoms with Crippen LogP contribution in [-0.2, 0) is 7.05 Å². The van der Waals surface area contributed by atoms with Gasteiger partial charge in [-0.15, -0.1) is 0 Å². The van der Waals surface area contributed by atoms with Crippen molar-refractivity contribution in [3.05, 3.63) is 36.0 Å². The third-order valence-corrected chi connectivity index (χ3v) is 2.50. The van der Waals surface area contributed by atoms with Crippen LogP contribution in [0.25, 0.3) is 11.3 Å². The third kappa shape index (κ3) is 1.86. The Bertz CT molecular complexity index is 437. The Morgan fingerprint density at radius 1 is 1.20 bits per heavy atom. The van der Waals surface area contributed by atoms with Crippen LogP contribution in [0.3, 0.4) is 0 Å². The van der Waals surface area contributed by atoms with Crippen LogP contribution < -0.4 is 4.74 Å². The molecule has 3 nitrogen and oxygen atoms in total.